The average Bonchev–Trinajstić information content (AvgIpc) is 2.84. The number of carbonyl (C=O) groups is 1. The van der Waals surface area contributed by atoms with Crippen LogP contribution in [0.4, 0.5) is 5.69 Å². The Kier molecular flexibility index (Phi) is 5.92. The summed E-state index contributed by atoms with van der Waals surface area (Å²) in [6, 6.07) is 18.4. The number of piperazine rings is 1. The van der Waals surface area contributed by atoms with E-state index in [1.165, 1.54) is 10.4 Å². The highest BCUT2D eigenvalue weighted by Crippen LogP contribution is 2.33. The Labute approximate surface area is 192 Å². The van der Waals surface area contributed by atoms with Crippen molar-refractivity contribution in [2.24, 2.45) is 0 Å². The number of nitrogens with one attached hydrogen (secondary N) is 1. The van der Waals surface area contributed by atoms with Crippen molar-refractivity contribution in [2.75, 3.05) is 51.3 Å². The van der Waals surface area contributed by atoms with Crippen molar-refractivity contribution in [3.63, 3.8) is 0 Å². The van der Waals surface area contributed by atoms with Crippen LogP contribution in [0.1, 0.15) is 0 Å². The Balaban J connectivity index is 1.20. The molecule has 0 unspecified atom stereocenters. The van der Waals surface area contributed by atoms with E-state index >= 15 is 0 Å². The first-order chi connectivity index (χ1) is 16.0. The zero-order chi connectivity index (χ0) is 22.8. The van der Waals surface area contributed by atoms with Gasteiger partial charge in [-0.2, -0.15) is 4.31 Å². The zero-order valence-electron chi connectivity index (χ0n) is 18.1. The fourth-order valence-electron chi connectivity index (χ4n) is 4.19. The second-order valence-electron chi connectivity index (χ2n) is 8.06. The van der Waals surface area contributed by atoms with E-state index in [1.807, 2.05) is 47.4 Å². The molecule has 5 rings (SSSR count). The van der Waals surface area contributed by atoms with Crippen LogP contribution in [-0.4, -0.2) is 69.5 Å². The number of rotatable bonds is 5. The quantitative estimate of drug-likeness (QED) is 0.621. The number of hydrogen-bond donors (Lipinski definition) is 1. The maximum atomic E-state index is 13.1. The molecule has 1 saturated heterocycles. The Hall–Kier alpha value is -3.14. The Morgan fingerprint density at radius 1 is 0.879 bits per heavy atom. The van der Waals surface area contributed by atoms with E-state index in [4.69, 9.17) is 9.47 Å². The van der Waals surface area contributed by atoms with Crippen molar-refractivity contribution in [1.29, 1.82) is 0 Å². The predicted octanol–water partition coefficient (Wildman–Crippen LogP) is 2.56. The van der Waals surface area contributed by atoms with Gasteiger partial charge in [0.1, 0.15) is 13.2 Å². The maximum absolute atomic E-state index is 13.1. The molecular formula is C24H25N3O5S. The van der Waals surface area contributed by atoms with E-state index in [1.54, 1.807) is 12.1 Å². The summed E-state index contributed by atoms with van der Waals surface area (Å²) in [5.74, 6) is 0.891. The molecule has 0 bridgehead atoms. The highest BCUT2D eigenvalue weighted by molar-refractivity contribution is 7.89. The molecule has 9 heteroatoms. The van der Waals surface area contributed by atoms with Gasteiger partial charge in [-0.1, -0.05) is 36.4 Å². The van der Waals surface area contributed by atoms with Crippen LogP contribution in [0.15, 0.2) is 65.6 Å². The summed E-state index contributed by atoms with van der Waals surface area (Å²) in [6.07, 6.45) is 0. The highest BCUT2D eigenvalue weighted by Gasteiger charge is 2.30. The third-order valence-corrected chi connectivity index (χ3v) is 7.81. The molecule has 0 radical (unpaired) electrons. The molecule has 2 aliphatic rings. The molecule has 0 aliphatic carbocycles. The van der Waals surface area contributed by atoms with Gasteiger partial charge < -0.3 is 14.8 Å². The lowest BCUT2D eigenvalue weighted by molar-refractivity contribution is -0.117. The number of fused-ring (bicyclic) bond motifs is 2. The highest BCUT2D eigenvalue weighted by atomic mass is 32.2. The third kappa shape index (κ3) is 4.52. The summed E-state index contributed by atoms with van der Waals surface area (Å²) in [6.45, 7) is 2.66. The van der Waals surface area contributed by atoms with E-state index in [0.29, 0.717) is 50.9 Å². The third-order valence-electron chi connectivity index (χ3n) is 5.91. The molecular weight excluding hydrogens is 442 g/mol. The lowest BCUT2D eigenvalue weighted by atomic mass is 10.1. The number of amides is 1. The van der Waals surface area contributed by atoms with Gasteiger partial charge >= 0.3 is 0 Å². The molecule has 2 heterocycles. The molecule has 33 heavy (non-hydrogen) atoms. The largest absolute Gasteiger partial charge is 0.486 e. The van der Waals surface area contributed by atoms with Crippen molar-refractivity contribution in [2.45, 2.75) is 4.90 Å². The van der Waals surface area contributed by atoms with E-state index in [0.717, 1.165) is 16.5 Å². The monoisotopic (exact) mass is 467 g/mol. The fourth-order valence-corrected chi connectivity index (χ4v) is 5.63. The number of benzene rings is 3. The number of carbonyl (C=O) groups excluding carboxylic acids is 1. The molecule has 2 aliphatic heterocycles. The minimum absolute atomic E-state index is 0.116. The lowest BCUT2D eigenvalue weighted by Gasteiger charge is -2.33. The molecule has 0 atom stereocenters. The normalized spacial score (nSPS) is 17.1. The number of ether oxygens (including phenoxy) is 2. The van der Waals surface area contributed by atoms with Crippen molar-refractivity contribution in [3.8, 4) is 11.5 Å². The van der Waals surface area contributed by atoms with Gasteiger partial charge in [0.25, 0.3) is 0 Å². The molecule has 1 fully saturated rings. The van der Waals surface area contributed by atoms with Crippen LogP contribution in [0.3, 0.4) is 0 Å². The van der Waals surface area contributed by atoms with Crippen molar-refractivity contribution in [3.05, 3.63) is 60.7 Å². The van der Waals surface area contributed by atoms with Crippen molar-refractivity contribution < 1.29 is 22.7 Å². The Bertz CT molecular complexity index is 1280. The fraction of sp³-hybridized carbons (Fsp3) is 0.292. The number of nitrogens with zero attached hydrogens (tertiary/aromatic N) is 2. The van der Waals surface area contributed by atoms with Gasteiger partial charge in [0.2, 0.25) is 15.9 Å². The first kappa shape index (κ1) is 21.7. The Morgan fingerprint density at radius 3 is 2.42 bits per heavy atom. The molecule has 0 aromatic heterocycles. The number of hydrogen-bond acceptors (Lipinski definition) is 6. The minimum Gasteiger partial charge on any atom is -0.486 e. The van der Waals surface area contributed by atoms with Crippen LogP contribution in [-0.2, 0) is 14.8 Å². The first-order valence-corrected chi connectivity index (χ1v) is 12.3. The maximum Gasteiger partial charge on any atom is 0.243 e. The second kappa shape index (κ2) is 9.01. The van der Waals surface area contributed by atoms with Gasteiger partial charge in [-0.25, -0.2) is 8.42 Å². The second-order valence-corrected chi connectivity index (χ2v) is 10.00. The summed E-state index contributed by atoms with van der Waals surface area (Å²) < 4.78 is 38.7. The number of anilines is 1. The van der Waals surface area contributed by atoms with Crippen molar-refractivity contribution >= 4 is 32.4 Å². The van der Waals surface area contributed by atoms with E-state index in [-0.39, 0.29) is 17.3 Å². The molecule has 0 spiro atoms. The molecule has 172 valence electrons. The van der Waals surface area contributed by atoms with Gasteiger partial charge in [-0.3, -0.25) is 9.69 Å². The van der Waals surface area contributed by atoms with Crippen LogP contribution in [0.5, 0.6) is 11.5 Å². The van der Waals surface area contributed by atoms with E-state index < -0.39 is 10.0 Å². The Morgan fingerprint density at radius 2 is 1.61 bits per heavy atom. The van der Waals surface area contributed by atoms with Crippen LogP contribution < -0.4 is 14.8 Å². The first-order valence-electron chi connectivity index (χ1n) is 10.9. The lowest BCUT2D eigenvalue weighted by Crippen LogP contribution is -2.50. The summed E-state index contributed by atoms with van der Waals surface area (Å²) >= 11 is 0. The summed E-state index contributed by atoms with van der Waals surface area (Å²) in [7, 11) is -3.65. The van der Waals surface area contributed by atoms with E-state index in [9.17, 15) is 13.2 Å². The number of sulfonamides is 1. The average molecular weight is 468 g/mol. The molecule has 0 saturated carbocycles. The van der Waals surface area contributed by atoms with Crippen LogP contribution in [0.2, 0.25) is 0 Å². The smallest absolute Gasteiger partial charge is 0.243 e. The topological polar surface area (TPSA) is 88.2 Å². The molecule has 8 nitrogen and oxygen atoms in total. The zero-order valence-corrected chi connectivity index (χ0v) is 18.9. The van der Waals surface area contributed by atoms with Crippen LogP contribution >= 0.6 is 0 Å². The predicted molar refractivity (Wildman–Crippen MR) is 125 cm³/mol. The SMILES string of the molecule is O=C(CN1CCN(S(=O)(=O)c2ccc3c(c2)OCCO3)CC1)Nc1cccc2ccccc12. The van der Waals surface area contributed by atoms with Crippen LogP contribution in [0.25, 0.3) is 10.8 Å². The van der Waals surface area contributed by atoms with Gasteiger partial charge in [-0.15, -0.1) is 0 Å². The van der Waals surface area contributed by atoms with Crippen molar-refractivity contribution in [1.82, 2.24) is 9.21 Å². The standard InChI is InChI=1S/C24H25N3O5S/c28-24(25-21-7-3-5-18-4-1-2-6-20(18)21)17-26-10-12-27(13-11-26)33(29,30)19-8-9-22-23(16-19)32-15-14-31-22/h1-9,16H,10-15,17H2,(H,25,28). The molecule has 3 aromatic rings. The summed E-state index contributed by atoms with van der Waals surface area (Å²) in [5.41, 5.74) is 0.776. The molecule has 1 amide bonds. The summed E-state index contributed by atoms with van der Waals surface area (Å²) in [4.78, 5) is 14.8. The minimum atomic E-state index is -3.65. The van der Waals surface area contributed by atoms with Gasteiger partial charge in [0.15, 0.2) is 11.5 Å². The molecule has 3 aromatic carbocycles. The van der Waals surface area contributed by atoms with Gasteiger partial charge in [0.05, 0.1) is 11.4 Å². The van der Waals surface area contributed by atoms with Crippen LogP contribution in [0, 0.1) is 0 Å². The van der Waals surface area contributed by atoms with Gasteiger partial charge in [0, 0.05) is 43.3 Å². The summed E-state index contributed by atoms with van der Waals surface area (Å²) in [5, 5.41) is 5.04. The van der Waals surface area contributed by atoms with Gasteiger partial charge in [-0.05, 0) is 23.6 Å². The van der Waals surface area contributed by atoms with E-state index in [2.05, 4.69) is 5.32 Å². The molecule has 1 N–H and O–H groups in total.